The van der Waals surface area contributed by atoms with Gasteiger partial charge in [0.25, 0.3) is 5.91 Å². The number of hydrogen-bond acceptors (Lipinski definition) is 3. The first-order valence-electron chi connectivity index (χ1n) is 7.94. The number of aryl methyl sites for hydroxylation is 2. The van der Waals surface area contributed by atoms with Crippen LogP contribution < -0.4 is 15.0 Å². The first kappa shape index (κ1) is 18.9. The molecule has 1 aliphatic heterocycles. The minimum absolute atomic E-state index is 0.153. The largest absolute Gasteiger partial charge is 0.573 e. The molecule has 8 heteroatoms. The van der Waals surface area contributed by atoms with E-state index < -0.39 is 6.36 Å². The van der Waals surface area contributed by atoms with Crippen molar-refractivity contribution in [1.82, 2.24) is 5.32 Å². The van der Waals surface area contributed by atoms with Gasteiger partial charge in [-0.15, -0.1) is 13.2 Å². The van der Waals surface area contributed by atoms with Gasteiger partial charge in [0.2, 0.25) is 0 Å². The number of thiocarbonyl (C=S) groups is 1. The third kappa shape index (κ3) is 4.28. The maximum atomic E-state index is 12.7. The van der Waals surface area contributed by atoms with Crippen LogP contribution in [0.3, 0.4) is 0 Å². The third-order valence-corrected chi connectivity index (χ3v) is 4.22. The molecule has 0 bridgehead atoms. The average Bonchev–Trinajstić information content (AvgIpc) is 2.84. The standard InChI is InChI=1S/C19H15F3N2O2S/c1-11-3-4-13(12(2)9-11)10-16-17(25)24(18(27)23-16)14-5-7-15(8-6-14)26-19(20,21)22/h3-10H,1-2H3,(H,23,27)/b16-10-. The van der Waals surface area contributed by atoms with Gasteiger partial charge in [-0.1, -0.05) is 23.8 Å². The topological polar surface area (TPSA) is 41.6 Å². The predicted molar refractivity (Wildman–Crippen MR) is 100 cm³/mol. The van der Waals surface area contributed by atoms with Gasteiger partial charge in [-0.2, -0.15) is 0 Å². The van der Waals surface area contributed by atoms with E-state index in [1.807, 2.05) is 32.0 Å². The van der Waals surface area contributed by atoms with Crippen molar-refractivity contribution in [2.24, 2.45) is 0 Å². The smallest absolute Gasteiger partial charge is 0.406 e. The molecule has 27 heavy (non-hydrogen) atoms. The van der Waals surface area contributed by atoms with Crippen molar-refractivity contribution in [2.75, 3.05) is 4.90 Å². The van der Waals surface area contributed by atoms with Gasteiger partial charge in [-0.25, -0.2) is 0 Å². The Morgan fingerprint density at radius 2 is 1.78 bits per heavy atom. The molecule has 1 N–H and O–H groups in total. The molecule has 0 spiro atoms. The highest BCUT2D eigenvalue weighted by Crippen LogP contribution is 2.28. The number of benzene rings is 2. The van der Waals surface area contributed by atoms with E-state index in [-0.39, 0.29) is 16.8 Å². The van der Waals surface area contributed by atoms with Gasteiger partial charge < -0.3 is 10.1 Å². The van der Waals surface area contributed by atoms with Crippen LogP contribution in [-0.2, 0) is 4.79 Å². The van der Waals surface area contributed by atoms with Crippen molar-refractivity contribution in [3.63, 3.8) is 0 Å². The lowest BCUT2D eigenvalue weighted by atomic mass is 10.0. The summed E-state index contributed by atoms with van der Waals surface area (Å²) in [6.07, 6.45) is -3.08. The summed E-state index contributed by atoms with van der Waals surface area (Å²) in [5.74, 6) is -0.757. The van der Waals surface area contributed by atoms with Gasteiger partial charge >= 0.3 is 6.36 Å². The maximum absolute atomic E-state index is 12.7. The molecule has 2 aromatic carbocycles. The average molecular weight is 392 g/mol. The monoisotopic (exact) mass is 392 g/mol. The van der Waals surface area contributed by atoms with Crippen molar-refractivity contribution < 1.29 is 22.7 Å². The summed E-state index contributed by atoms with van der Waals surface area (Å²) in [7, 11) is 0. The molecule has 1 heterocycles. The number of carbonyl (C=O) groups excluding carboxylic acids is 1. The normalized spacial score (nSPS) is 16.0. The van der Waals surface area contributed by atoms with Crippen LogP contribution in [0.2, 0.25) is 0 Å². The summed E-state index contributed by atoms with van der Waals surface area (Å²) in [4.78, 5) is 13.9. The molecule has 0 radical (unpaired) electrons. The van der Waals surface area contributed by atoms with Crippen LogP contribution in [-0.4, -0.2) is 17.4 Å². The van der Waals surface area contributed by atoms with E-state index in [0.29, 0.717) is 11.4 Å². The lowest BCUT2D eigenvalue weighted by molar-refractivity contribution is -0.274. The Labute approximate surface area is 159 Å². The van der Waals surface area contributed by atoms with E-state index >= 15 is 0 Å². The fourth-order valence-corrected chi connectivity index (χ4v) is 3.01. The van der Waals surface area contributed by atoms with Crippen LogP contribution in [0.5, 0.6) is 5.75 Å². The van der Waals surface area contributed by atoms with E-state index in [2.05, 4.69) is 10.1 Å². The van der Waals surface area contributed by atoms with Crippen LogP contribution in [0, 0.1) is 13.8 Å². The number of rotatable bonds is 3. The van der Waals surface area contributed by atoms with Gasteiger partial charge in [-0.3, -0.25) is 9.69 Å². The van der Waals surface area contributed by atoms with Crippen molar-refractivity contribution in [2.45, 2.75) is 20.2 Å². The molecule has 4 nitrogen and oxygen atoms in total. The maximum Gasteiger partial charge on any atom is 0.573 e. The summed E-state index contributed by atoms with van der Waals surface area (Å²) in [6, 6.07) is 10.8. The fourth-order valence-electron chi connectivity index (χ4n) is 2.71. The van der Waals surface area contributed by atoms with E-state index in [9.17, 15) is 18.0 Å². The van der Waals surface area contributed by atoms with Gasteiger partial charge in [0, 0.05) is 0 Å². The molecule has 0 aromatic heterocycles. The lowest BCUT2D eigenvalue weighted by Crippen LogP contribution is -2.30. The zero-order valence-corrected chi connectivity index (χ0v) is 15.2. The highest BCUT2D eigenvalue weighted by Gasteiger charge is 2.33. The molecule has 0 saturated carbocycles. The Hall–Kier alpha value is -2.87. The fraction of sp³-hybridized carbons (Fsp3) is 0.158. The third-order valence-electron chi connectivity index (χ3n) is 3.93. The highest BCUT2D eigenvalue weighted by molar-refractivity contribution is 7.80. The number of nitrogens with one attached hydrogen (secondary N) is 1. The molecule has 0 atom stereocenters. The predicted octanol–water partition coefficient (Wildman–Crippen LogP) is 4.46. The summed E-state index contributed by atoms with van der Waals surface area (Å²) >= 11 is 5.21. The highest BCUT2D eigenvalue weighted by atomic mass is 32.1. The second-order valence-electron chi connectivity index (χ2n) is 6.03. The first-order valence-corrected chi connectivity index (χ1v) is 8.35. The van der Waals surface area contributed by atoms with E-state index in [1.165, 1.54) is 17.0 Å². The molecule has 0 aliphatic carbocycles. The quantitative estimate of drug-likeness (QED) is 0.618. The molecule has 140 valence electrons. The van der Waals surface area contributed by atoms with Crippen LogP contribution in [0.25, 0.3) is 6.08 Å². The van der Waals surface area contributed by atoms with E-state index in [1.54, 1.807) is 6.08 Å². The first-order chi connectivity index (χ1) is 12.6. The van der Waals surface area contributed by atoms with Crippen LogP contribution in [0.1, 0.15) is 16.7 Å². The summed E-state index contributed by atoms with van der Waals surface area (Å²) < 4.78 is 40.6. The zero-order valence-electron chi connectivity index (χ0n) is 14.4. The minimum Gasteiger partial charge on any atom is -0.406 e. The van der Waals surface area contributed by atoms with Gasteiger partial charge in [0.15, 0.2) is 5.11 Å². The number of ether oxygens (including phenoxy) is 1. The summed E-state index contributed by atoms with van der Waals surface area (Å²) in [5.41, 5.74) is 3.63. The number of alkyl halides is 3. The minimum atomic E-state index is -4.77. The van der Waals surface area contributed by atoms with Crippen LogP contribution in [0.15, 0.2) is 48.2 Å². The molecular formula is C19H15F3N2O2S. The number of nitrogens with zero attached hydrogens (tertiary/aromatic N) is 1. The molecule has 1 aliphatic rings. The number of carbonyl (C=O) groups is 1. The van der Waals surface area contributed by atoms with E-state index in [0.717, 1.165) is 28.8 Å². The summed E-state index contributed by atoms with van der Waals surface area (Å²) in [5, 5.41) is 3.01. The Kier molecular flexibility index (Phi) is 4.93. The molecular weight excluding hydrogens is 377 g/mol. The Morgan fingerprint density at radius 3 is 2.37 bits per heavy atom. The van der Waals surface area contributed by atoms with Crippen molar-refractivity contribution in [3.8, 4) is 5.75 Å². The van der Waals surface area contributed by atoms with E-state index in [4.69, 9.17) is 12.2 Å². The number of halogens is 3. The molecule has 3 rings (SSSR count). The van der Waals surface area contributed by atoms with Crippen molar-refractivity contribution >= 4 is 35.0 Å². The second kappa shape index (κ2) is 7.03. The number of amides is 1. The van der Waals surface area contributed by atoms with Gasteiger partial charge in [0.05, 0.1) is 5.69 Å². The number of hydrogen-bond donors (Lipinski definition) is 1. The lowest BCUT2D eigenvalue weighted by Gasteiger charge is -2.15. The molecule has 0 unspecified atom stereocenters. The van der Waals surface area contributed by atoms with Crippen LogP contribution in [0.4, 0.5) is 18.9 Å². The molecule has 1 fully saturated rings. The SMILES string of the molecule is Cc1ccc(/C=C2\NC(=S)N(c3ccc(OC(F)(F)F)cc3)C2=O)c(C)c1. The van der Waals surface area contributed by atoms with Gasteiger partial charge in [-0.05, 0) is 67.5 Å². The van der Waals surface area contributed by atoms with Crippen molar-refractivity contribution in [3.05, 3.63) is 64.9 Å². The Balaban J connectivity index is 1.85. The van der Waals surface area contributed by atoms with Crippen molar-refractivity contribution in [1.29, 1.82) is 0 Å². The zero-order chi connectivity index (χ0) is 19.8. The Bertz CT molecular complexity index is 937. The second-order valence-corrected chi connectivity index (χ2v) is 6.42. The molecule has 1 amide bonds. The van der Waals surface area contributed by atoms with Crippen LogP contribution >= 0.6 is 12.2 Å². The van der Waals surface area contributed by atoms with Gasteiger partial charge in [0.1, 0.15) is 11.4 Å². The molecule has 1 saturated heterocycles. The molecule has 2 aromatic rings. The Morgan fingerprint density at radius 1 is 1.11 bits per heavy atom. The number of anilines is 1. The summed E-state index contributed by atoms with van der Waals surface area (Å²) in [6.45, 7) is 3.92.